The summed E-state index contributed by atoms with van der Waals surface area (Å²) in [5.74, 6) is -0.165. The molecule has 3 heterocycles. The topological polar surface area (TPSA) is 119 Å². The van der Waals surface area contributed by atoms with Crippen LogP contribution in [0.4, 0.5) is 4.79 Å². The highest BCUT2D eigenvalue weighted by Gasteiger charge is 2.43. The Bertz CT molecular complexity index is 977. The van der Waals surface area contributed by atoms with Gasteiger partial charge in [-0.3, -0.25) is 14.5 Å². The number of pyridine rings is 1. The van der Waals surface area contributed by atoms with Gasteiger partial charge in [0.1, 0.15) is 17.7 Å². The zero-order chi connectivity index (χ0) is 21.4. The molecular weight excluding hydrogens is 386 g/mol. The minimum absolute atomic E-state index is 0.130. The third-order valence-electron chi connectivity index (χ3n) is 5.80. The van der Waals surface area contributed by atoms with Crippen LogP contribution in [-0.2, 0) is 4.79 Å². The molecule has 2 fully saturated rings. The third kappa shape index (κ3) is 3.71. The van der Waals surface area contributed by atoms with Gasteiger partial charge in [0, 0.05) is 12.2 Å². The predicted octanol–water partition coefficient (Wildman–Crippen LogP) is 2.09. The van der Waals surface area contributed by atoms with Crippen molar-refractivity contribution in [2.45, 2.75) is 64.1 Å². The number of carbonyl (C=O) groups is 3. The molecular formula is C21H27N5O4. The van der Waals surface area contributed by atoms with E-state index in [-0.39, 0.29) is 35.5 Å². The highest BCUT2D eigenvalue weighted by molar-refractivity contribution is 6.04. The fourth-order valence-corrected chi connectivity index (χ4v) is 4.40. The minimum Gasteiger partial charge on any atom is -0.473 e. The van der Waals surface area contributed by atoms with Crippen molar-refractivity contribution < 1.29 is 19.1 Å². The van der Waals surface area contributed by atoms with Crippen LogP contribution in [0.1, 0.15) is 56.3 Å². The molecule has 2 aromatic heterocycles. The Labute approximate surface area is 174 Å². The summed E-state index contributed by atoms with van der Waals surface area (Å²) in [5.41, 5.74) is 6.42. The molecule has 4 amide bonds. The maximum atomic E-state index is 12.7. The Morgan fingerprint density at radius 3 is 2.67 bits per heavy atom. The first-order chi connectivity index (χ1) is 14.3. The van der Waals surface area contributed by atoms with Gasteiger partial charge in [-0.05, 0) is 50.2 Å². The van der Waals surface area contributed by atoms with E-state index < -0.39 is 11.9 Å². The number of nitrogens with one attached hydrogen (secondary N) is 1. The van der Waals surface area contributed by atoms with E-state index >= 15 is 0 Å². The van der Waals surface area contributed by atoms with Crippen molar-refractivity contribution in [3.05, 3.63) is 30.0 Å². The first-order valence-corrected chi connectivity index (χ1v) is 10.4. The van der Waals surface area contributed by atoms with Crippen LogP contribution in [0.5, 0.6) is 5.88 Å². The Morgan fingerprint density at radius 2 is 2.00 bits per heavy atom. The fourth-order valence-electron chi connectivity index (χ4n) is 4.40. The number of urea groups is 1. The lowest BCUT2D eigenvalue weighted by atomic mass is 9.91. The van der Waals surface area contributed by atoms with E-state index in [4.69, 9.17) is 10.5 Å². The summed E-state index contributed by atoms with van der Waals surface area (Å²) in [5, 5.41) is 7.16. The van der Waals surface area contributed by atoms with Gasteiger partial charge in [-0.15, -0.1) is 5.10 Å². The Morgan fingerprint density at radius 1 is 1.27 bits per heavy atom. The van der Waals surface area contributed by atoms with Gasteiger partial charge >= 0.3 is 6.03 Å². The number of nitrogens with zero attached hydrogens (tertiary/aromatic N) is 3. The molecule has 0 spiro atoms. The van der Waals surface area contributed by atoms with Gasteiger partial charge in [0.05, 0.1) is 5.52 Å². The number of aromatic nitrogens is 2. The van der Waals surface area contributed by atoms with Gasteiger partial charge in [-0.2, -0.15) is 0 Å². The number of carbonyl (C=O) groups excluding carboxylic acids is 3. The molecule has 1 aliphatic carbocycles. The summed E-state index contributed by atoms with van der Waals surface area (Å²) >= 11 is 0. The summed E-state index contributed by atoms with van der Waals surface area (Å²) in [6.45, 7) is 4.06. The lowest BCUT2D eigenvalue weighted by molar-refractivity contribution is -0.130. The number of ether oxygens (including phenoxy) is 1. The molecule has 1 atom stereocenters. The number of nitrogens with two attached hydrogens (primary N) is 1. The minimum atomic E-state index is -0.588. The number of hydrogen-bond donors (Lipinski definition) is 2. The summed E-state index contributed by atoms with van der Waals surface area (Å²) in [6, 6.07) is 4.52. The van der Waals surface area contributed by atoms with E-state index in [1.54, 1.807) is 16.8 Å². The lowest BCUT2D eigenvalue weighted by Gasteiger charge is -2.32. The zero-order valence-electron chi connectivity index (χ0n) is 17.2. The Hall–Kier alpha value is -3.10. The van der Waals surface area contributed by atoms with Crippen molar-refractivity contribution in [2.75, 3.05) is 0 Å². The Kier molecular flexibility index (Phi) is 5.36. The highest BCUT2D eigenvalue weighted by Crippen LogP contribution is 2.31. The average molecular weight is 413 g/mol. The van der Waals surface area contributed by atoms with E-state index in [0.29, 0.717) is 43.5 Å². The van der Waals surface area contributed by atoms with Crippen LogP contribution in [-0.4, -0.2) is 50.5 Å². The number of imide groups is 1. The third-order valence-corrected chi connectivity index (χ3v) is 5.80. The molecule has 2 aromatic rings. The lowest BCUT2D eigenvalue weighted by Crippen LogP contribution is -2.44. The van der Waals surface area contributed by atoms with E-state index in [1.165, 1.54) is 4.90 Å². The molecule has 0 aromatic carbocycles. The van der Waals surface area contributed by atoms with Gasteiger partial charge in [-0.25, -0.2) is 9.31 Å². The van der Waals surface area contributed by atoms with Gasteiger partial charge in [0.15, 0.2) is 0 Å². The van der Waals surface area contributed by atoms with Crippen molar-refractivity contribution in [1.29, 1.82) is 0 Å². The van der Waals surface area contributed by atoms with Crippen molar-refractivity contribution in [2.24, 2.45) is 11.7 Å². The largest absolute Gasteiger partial charge is 0.473 e. The molecule has 1 unspecified atom stereocenters. The zero-order valence-corrected chi connectivity index (χ0v) is 17.2. The van der Waals surface area contributed by atoms with Crippen LogP contribution in [0.25, 0.3) is 5.52 Å². The molecule has 30 heavy (non-hydrogen) atoms. The van der Waals surface area contributed by atoms with Gasteiger partial charge in [0.25, 0.3) is 11.8 Å². The molecule has 1 aliphatic heterocycles. The van der Waals surface area contributed by atoms with Crippen LogP contribution in [0.3, 0.4) is 0 Å². The molecule has 9 heteroatoms. The van der Waals surface area contributed by atoms with Gasteiger partial charge in [0.2, 0.25) is 5.88 Å². The van der Waals surface area contributed by atoms with Crippen molar-refractivity contribution >= 4 is 23.4 Å². The number of primary amides is 1. The van der Waals surface area contributed by atoms with Crippen LogP contribution in [0.15, 0.2) is 24.4 Å². The molecule has 3 N–H and O–H groups in total. The fraction of sp³-hybridized carbons (Fsp3) is 0.524. The van der Waals surface area contributed by atoms with E-state index in [1.807, 2.05) is 26.0 Å². The number of hydrogen-bond acceptors (Lipinski definition) is 5. The van der Waals surface area contributed by atoms with Crippen molar-refractivity contribution in [1.82, 2.24) is 19.8 Å². The summed E-state index contributed by atoms with van der Waals surface area (Å²) in [7, 11) is 0. The monoisotopic (exact) mass is 413 g/mol. The number of rotatable bonds is 6. The SMILES string of the molecule is CC(C)CC1NC(=O)N(C2CCC(Oc3nn4ccccc4c3C(N)=O)CC2)C1=O. The molecule has 1 saturated heterocycles. The first kappa shape index (κ1) is 20.2. The van der Waals surface area contributed by atoms with Crippen LogP contribution in [0, 0.1) is 5.92 Å². The second-order valence-electron chi connectivity index (χ2n) is 8.46. The molecule has 2 aliphatic rings. The van der Waals surface area contributed by atoms with Crippen LogP contribution >= 0.6 is 0 Å². The van der Waals surface area contributed by atoms with Crippen LogP contribution in [0.2, 0.25) is 0 Å². The molecule has 1 saturated carbocycles. The van der Waals surface area contributed by atoms with Gasteiger partial charge in [-0.1, -0.05) is 19.9 Å². The normalized spacial score (nSPS) is 24.5. The van der Waals surface area contributed by atoms with Crippen LogP contribution < -0.4 is 15.8 Å². The number of amides is 4. The predicted molar refractivity (Wildman–Crippen MR) is 109 cm³/mol. The maximum Gasteiger partial charge on any atom is 0.325 e. The van der Waals surface area contributed by atoms with Crippen molar-refractivity contribution in [3.63, 3.8) is 0 Å². The standard InChI is InChI=1S/C21H27N5O4/c1-12(2)11-15-20(28)26(21(29)23-15)13-6-8-14(9-7-13)30-19-17(18(22)27)16-5-3-4-10-25(16)24-19/h3-5,10,12-15H,6-9,11H2,1-2H3,(H2,22,27)(H,23,29). The van der Waals surface area contributed by atoms with E-state index in [0.717, 1.165) is 0 Å². The molecule has 9 nitrogen and oxygen atoms in total. The second kappa shape index (κ2) is 7.97. The van der Waals surface area contributed by atoms with E-state index in [9.17, 15) is 14.4 Å². The summed E-state index contributed by atoms with van der Waals surface area (Å²) < 4.78 is 7.61. The molecule has 0 bridgehead atoms. The summed E-state index contributed by atoms with van der Waals surface area (Å²) in [6.07, 6.45) is 4.83. The quantitative estimate of drug-likeness (QED) is 0.703. The Balaban J connectivity index is 1.42. The second-order valence-corrected chi connectivity index (χ2v) is 8.46. The first-order valence-electron chi connectivity index (χ1n) is 10.4. The molecule has 0 radical (unpaired) electrons. The van der Waals surface area contributed by atoms with Gasteiger partial charge < -0.3 is 15.8 Å². The van der Waals surface area contributed by atoms with E-state index in [2.05, 4.69) is 10.4 Å². The number of fused-ring (bicyclic) bond motifs is 1. The molecule has 160 valence electrons. The maximum absolute atomic E-state index is 12.7. The average Bonchev–Trinajstić information content (AvgIpc) is 3.19. The van der Waals surface area contributed by atoms with Crippen molar-refractivity contribution in [3.8, 4) is 5.88 Å². The molecule has 4 rings (SSSR count). The smallest absolute Gasteiger partial charge is 0.325 e. The summed E-state index contributed by atoms with van der Waals surface area (Å²) in [4.78, 5) is 38.4. The highest BCUT2D eigenvalue weighted by atomic mass is 16.5.